The molecule has 2 aliphatic heterocycles. The number of nitrogens with zero attached hydrogens (tertiary/aromatic N) is 3. The Morgan fingerprint density at radius 3 is 3.18 bits per heavy atom. The third kappa shape index (κ3) is 3.66. The summed E-state index contributed by atoms with van der Waals surface area (Å²) in [7, 11) is 2.06. The highest BCUT2D eigenvalue weighted by molar-refractivity contribution is 5.77. The maximum atomic E-state index is 12.3. The Labute approximate surface area is 130 Å². The molecule has 122 valence electrons. The van der Waals surface area contributed by atoms with E-state index in [0.717, 1.165) is 38.4 Å². The summed E-state index contributed by atoms with van der Waals surface area (Å²) in [5.41, 5.74) is 0. The van der Waals surface area contributed by atoms with Crippen molar-refractivity contribution in [3.05, 3.63) is 18.2 Å². The number of carbonyl (C=O) groups is 1. The first kappa shape index (κ1) is 15.5. The van der Waals surface area contributed by atoms with Gasteiger partial charge in [0.15, 0.2) is 0 Å². The molecule has 0 radical (unpaired) electrons. The molecule has 1 amide bonds. The molecule has 7 nitrogen and oxygen atoms in total. The van der Waals surface area contributed by atoms with Crippen molar-refractivity contribution in [2.24, 2.45) is 0 Å². The van der Waals surface area contributed by atoms with Crippen LogP contribution in [-0.2, 0) is 14.3 Å². The minimum atomic E-state index is 0.0441. The van der Waals surface area contributed by atoms with Crippen LogP contribution in [0.25, 0.3) is 0 Å². The summed E-state index contributed by atoms with van der Waals surface area (Å²) < 4.78 is 11.0. The predicted molar refractivity (Wildman–Crippen MR) is 80.3 cm³/mol. The third-order valence-electron chi connectivity index (χ3n) is 4.39. The van der Waals surface area contributed by atoms with Gasteiger partial charge in [-0.25, -0.2) is 4.98 Å². The molecule has 0 aromatic carbocycles. The van der Waals surface area contributed by atoms with E-state index >= 15 is 0 Å². The van der Waals surface area contributed by atoms with Gasteiger partial charge in [-0.05, 0) is 19.9 Å². The van der Waals surface area contributed by atoms with E-state index in [1.165, 1.54) is 0 Å². The molecule has 1 aromatic rings. The van der Waals surface area contributed by atoms with E-state index in [-0.39, 0.29) is 24.7 Å². The summed E-state index contributed by atoms with van der Waals surface area (Å²) in [6, 6.07) is 0.117. The lowest BCUT2D eigenvalue weighted by Gasteiger charge is -2.38. The fraction of sp³-hybridized carbons (Fsp3) is 0.733. The summed E-state index contributed by atoms with van der Waals surface area (Å²) >= 11 is 0. The van der Waals surface area contributed by atoms with E-state index in [1.807, 2.05) is 11.1 Å². The Hall–Kier alpha value is -1.44. The predicted octanol–water partition coefficient (Wildman–Crippen LogP) is 0.420. The first-order valence-corrected chi connectivity index (χ1v) is 7.90. The number of hydrogen-bond donors (Lipinski definition) is 1. The van der Waals surface area contributed by atoms with Gasteiger partial charge in [-0.2, -0.15) is 0 Å². The largest absolute Gasteiger partial charge is 0.376 e. The Bertz CT molecular complexity index is 473. The summed E-state index contributed by atoms with van der Waals surface area (Å²) in [6.45, 7) is 3.67. The van der Waals surface area contributed by atoms with Crippen LogP contribution in [0.1, 0.15) is 24.7 Å². The minimum Gasteiger partial charge on any atom is -0.376 e. The van der Waals surface area contributed by atoms with Crippen molar-refractivity contribution in [2.75, 3.05) is 46.5 Å². The molecule has 22 heavy (non-hydrogen) atoms. The van der Waals surface area contributed by atoms with Gasteiger partial charge in [-0.3, -0.25) is 9.69 Å². The highest BCUT2D eigenvalue weighted by atomic mass is 16.5. The van der Waals surface area contributed by atoms with Gasteiger partial charge in [0.2, 0.25) is 5.91 Å². The van der Waals surface area contributed by atoms with Crippen LogP contribution >= 0.6 is 0 Å². The molecule has 7 heteroatoms. The van der Waals surface area contributed by atoms with Crippen LogP contribution in [0.5, 0.6) is 0 Å². The smallest absolute Gasteiger partial charge is 0.248 e. The number of nitrogens with one attached hydrogen (secondary N) is 1. The Balaban J connectivity index is 1.47. The molecule has 0 aliphatic carbocycles. The van der Waals surface area contributed by atoms with Crippen molar-refractivity contribution >= 4 is 5.91 Å². The third-order valence-corrected chi connectivity index (χ3v) is 4.39. The number of aromatic amines is 1. The number of rotatable bonds is 5. The van der Waals surface area contributed by atoms with Crippen molar-refractivity contribution in [3.8, 4) is 0 Å². The molecule has 3 rings (SSSR count). The first-order chi connectivity index (χ1) is 10.7. The Morgan fingerprint density at radius 2 is 2.45 bits per heavy atom. The van der Waals surface area contributed by atoms with Crippen LogP contribution in [0.3, 0.4) is 0 Å². The van der Waals surface area contributed by atoms with Gasteiger partial charge in [0, 0.05) is 38.6 Å². The standard InChI is InChI=1S/C15H24N4O3/c1-18-6-7-19(9-13(18)15-16-4-5-17-15)14(20)11-21-10-12-3-2-8-22-12/h4-5,12-13H,2-3,6-11H2,1H3,(H,16,17)/t12-,13+/m0/s1. The van der Waals surface area contributed by atoms with E-state index in [1.54, 1.807) is 6.20 Å². The van der Waals surface area contributed by atoms with Crippen LogP contribution < -0.4 is 0 Å². The van der Waals surface area contributed by atoms with Gasteiger partial charge in [0.05, 0.1) is 18.8 Å². The maximum absolute atomic E-state index is 12.3. The van der Waals surface area contributed by atoms with Crippen LogP contribution in [-0.4, -0.2) is 78.3 Å². The number of carbonyl (C=O) groups excluding carboxylic acids is 1. The van der Waals surface area contributed by atoms with Crippen molar-refractivity contribution in [1.29, 1.82) is 0 Å². The Kier molecular flexibility index (Phi) is 5.07. The molecule has 2 fully saturated rings. The molecule has 0 bridgehead atoms. The second kappa shape index (κ2) is 7.21. The average Bonchev–Trinajstić information content (AvgIpc) is 3.21. The van der Waals surface area contributed by atoms with Gasteiger partial charge < -0.3 is 19.4 Å². The molecule has 3 heterocycles. The zero-order chi connectivity index (χ0) is 15.4. The number of likely N-dealkylation sites (N-methyl/N-ethyl adjacent to an activating group) is 1. The lowest BCUT2D eigenvalue weighted by molar-refractivity contribution is -0.140. The number of aromatic nitrogens is 2. The number of piperazine rings is 1. The fourth-order valence-electron chi connectivity index (χ4n) is 3.00. The first-order valence-electron chi connectivity index (χ1n) is 7.90. The lowest BCUT2D eigenvalue weighted by atomic mass is 10.1. The molecule has 2 saturated heterocycles. The SMILES string of the molecule is CN1CCN(C(=O)COC[C@@H]2CCCO2)C[C@@H]1c1ncc[nH]1. The number of imidazole rings is 1. The summed E-state index contributed by atoms with van der Waals surface area (Å²) in [5.74, 6) is 0.947. The van der Waals surface area contributed by atoms with Gasteiger partial charge >= 0.3 is 0 Å². The Morgan fingerprint density at radius 1 is 1.55 bits per heavy atom. The van der Waals surface area contributed by atoms with Crippen LogP contribution in [0, 0.1) is 0 Å². The topological polar surface area (TPSA) is 70.7 Å². The van der Waals surface area contributed by atoms with Crippen LogP contribution in [0.15, 0.2) is 12.4 Å². The van der Waals surface area contributed by atoms with E-state index in [2.05, 4.69) is 21.9 Å². The number of hydrogen-bond acceptors (Lipinski definition) is 5. The normalized spacial score (nSPS) is 26.5. The highest BCUT2D eigenvalue weighted by Gasteiger charge is 2.30. The second-order valence-corrected chi connectivity index (χ2v) is 5.96. The van der Waals surface area contributed by atoms with Gasteiger partial charge in [0.1, 0.15) is 12.4 Å². The van der Waals surface area contributed by atoms with Gasteiger partial charge in [0.25, 0.3) is 0 Å². The van der Waals surface area contributed by atoms with E-state index in [9.17, 15) is 4.79 Å². The summed E-state index contributed by atoms with van der Waals surface area (Å²) in [6.07, 6.45) is 5.84. The summed E-state index contributed by atoms with van der Waals surface area (Å²) in [5, 5.41) is 0. The second-order valence-electron chi connectivity index (χ2n) is 5.96. The van der Waals surface area contributed by atoms with Crippen molar-refractivity contribution in [1.82, 2.24) is 19.8 Å². The van der Waals surface area contributed by atoms with Crippen molar-refractivity contribution in [3.63, 3.8) is 0 Å². The van der Waals surface area contributed by atoms with Gasteiger partial charge in [-0.1, -0.05) is 0 Å². The zero-order valence-corrected chi connectivity index (χ0v) is 13.0. The molecule has 0 unspecified atom stereocenters. The molecule has 1 aromatic heterocycles. The molecular formula is C15H24N4O3. The molecule has 2 aliphatic rings. The summed E-state index contributed by atoms with van der Waals surface area (Å²) in [4.78, 5) is 23.8. The minimum absolute atomic E-state index is 0.0441. The maximum Gasteiger partial charge on any atom is 0.248 e. The van der Waals surface area contributed by atoms with Gasteiger partial charge in [-0.15, -0.1) is 0 Å². The molecular weight excluding hydrogens is 284 g/mol. The van der Waals surface area contributed by atoms with Crippen LogP contribution in [0.4, 0.5) is 0 Å². The zero-order valence-electron chi connectivity index (χ0n) is 13.0. The number of amides is 1. The quantitative estimate of drug-likeness (QED) is 0.854. The average molecular weight is 308 g/mol. The molecule has 0 spiro atoms. The van der Waals surface area contributed by atoms with Crippen molar-refractivity contribution in [2.45, 2.75) is 25.0 Å². The lowest BCUT2D eigenvalue weighted by Crippen LogP contribution is -2.50. The van der Waals surface area contributed by atoms with E-state index in [4.69, 9.17) is 9.47 Å². The molecule has 2 atom stereocenters. The molecule has 0 saturated carbocycles. The fourth-order valence-corrected chi connectivity index (χ4v) is 3.00. The highest BCUT2D eigenvalue weighted by Crippen LogP contribution is 2.21. The monoisotopic (exact) mass is 308 g/mol. The van der Waals surface area contributed by atoms with Crippen LogP contribution in [0.2, 0.25) is 0 Å². The molecule has 1 N–H and O–H groups in total. The van der Waals surface area contributed by atoms with E-state index in [0.29, 0.717) is 13.2 Å². The van der Waals surface area contributed by atoms with Crippen molar-refractivity contribution < 1.29 is 14.3 Å². The van der Waals surface area contributed by atoms with E-state index < -0.39 is 0 Å². The number of ether oxygens (including phenoxy) is 2. The number of H-pyrrole nitrogens is 1.